The lowest BCUT2D eigenvalue weighted by Gasteiger charge is -2.13. The second-order valence-electron chi connectivity index (χ2n) is 7.21. The van der Waals surface area contributed by atoms with Crippen molar-refractivity contribution in [1.29, 1.82) is 0 Å². The Balaban J connectivity index is 1.89. The molecule has 0 aliphatic rings. The van der Waals surface area contributed by atoms with Crippen LogP contribution < -0.4 is 4.74 Å². The highest BCUT2D eigenvalue weighted by molar-refractivity contribution is 6.01. The summed E-state index contributed by atoms with van der Waals surface area (Å²) in [5, 5.41) is 2.17. The predicted molar refractivity (Wildman–Crippen MR) is 116 cm³/mol. The summed E-state index contributed by atoms with van der Waals surface area (Å²) < 4.78 is 5.30. The molecule has 1 heterocycles. The lowest BCUT2D eigenvalue weighted by atomic mass is 10.00. The molecule has 4 rings (SSSR count). The standard InChI is InChI=1S/C25H22N2O2/c1-15-5-7-18(8-6-15)24-23(17(3)28)16(2)26-25(27-24)21-10-9-20-14-22(29-4)12-11-19(20)13-21/h5-14H,1-4H3. The molecule has 4 heteroatoms. The molecule has 0 amide bonds. The number of carbonyl (C=O) groups excluding carboxylic acids is 1. The Morgan fingerprint density at radius 3 is 2.17 bits per heavy atom. The molecule has 0 unspecified atom stereocenters. The van der Waals surface area contributed by atoms with Crippen LogP contribution >= 0.6 is 0 Å². The quantitative estimate of drug-likeness (QED) is 0.419. The van der Waals surface area contributed by atoms with Gasteiger partial charge in [-0.15, -0.1) is 0 Å². The van der Waals surface area contributed by atoms with Crippen LogP contribution in [0.15, 0.2) is 60.7 Å². The molecule has 3 aromatic carbocycles. The first-order chi connectivity index (χ1) is 14.0. The van der Waals surface area contributed by atoms with Gasteiger partial charge in [0, 0.05) is 11.1 Å². The van der Waals surface area contributed by atoms with Gasteiger partial charge in [0.05, 0.1) is 24.1 Å². The monoisotopic (exact) mass is 382 g/mol. The fraction of sp³-hybridized carbons (Fsp3) is 0.160. The summed E-state index contributed by atoms with van der Waals surface area (Å²) in [7, 11) is 1.66. The van der Waals surface area contributed by atoms with Crippen molar-refractivity contribution in [3.63, 3.8) is 0 Å². The summed E-state index contributed by atoms with van der Waals surface area (Å²) >= 11 is 0. The summed E-state index contributed by atoms with van der Waals surface area (Å²) in [5.74, 6) is 1.40. The van der Waals surface area contributed by atoms with Crippen LogP contribution in [0.1, 0.15) is 28.5 Å². The number of aryl methyl sites for hydroxylation is 2. The molecule has 0 saturated carbocycles. The minimum absolute atomic E-state index is 0.0322. The van der Waals surface area contributed by atoms with Crippen LogP contribution in [0.3, 0.4) is 0 Å². The Morgan fingerprint density at radius 2 is 1.48 bits per heavy atom. The number of hydrogen-bond donors (Lipinski definition) is 0. The molecule has 0 bridgehead atoms. The summed E-state index contributed by atoms with van der Waals surface area (Å²) in [4.78, 5) is 21.8. The highest BCUT2D eigenvalue weighted by Crippen LogP contribution is 2.30. The summed E-state index contributed by atoms with van der Waals surface area (Å²) in [6, 6.07) is 20.1. The molecule has 4 nitrogen and oxygen atoms in total. The second-order valence-corrected chi connectivity index (χ2v) is 7.21. The molecule has 0 spiro atoms. The Kier molecular flexibility index (Phi) is 4.85. The number of aromatic nitrogens is 2. The predicted octanol–water partition coefficient (Wildman–Crippen LogP) is 5.79. The molecule has 29 heavy (non-hydrogen) atoms. The lowest BCUT2D eigenvalue weighted by molar-refractivity contribution is 0.101. The third kappa shape index (κ3) is 3.61. The Bertz CT molecular complexity index is 1230. The van der Waals surface area contributed by atoms with Gasteiger partial charge in [-0.25, -0.2) is 9.97 Å². The van der Waals surface area contributed by atoms with Crippen LogP contribution in [0.5, 0.6) is 5.75 Å². The van der Waals surface area contributed by atoms with Gasteiger partial charge in [-0.1, -0.05) is 48.0 Å². The fourth-order valence-electron chi connectivity index (χ4n) is 3.53. The van der Waals surface area contributed by atoms with E-state index in [0.29, 0.717) is 22.8 Å². The summed E-state index contributed by atoms with van der Waals surface area (Å²) in [5.41, 5.74) is 4.92. The van der Waals surface area contributed by atoms with E-state index in [-0.39, 0.29) is 5.78 Å². The maximum absolute atomic E-state index is 12.3. The molecule has 0 saturated heterocycles. The van der Waals surface area contributed by atoms with Crippen molar-refractivity contribution in [2.45, 2.75) is 20.8 Å². The number of methoxy groups -OCH3 is 1. The van der Waals surface area contributed by atoms with Gasteiger partial charge < -0.3 is 4.74 Å². The van der Waals surface area contributed by atoms with Gasteiger partial charge in [0.1, 0.15) is 5.75 Å². The second kappa shape index (κ2) is 7.47. The van der Waals surface area contributed by atoms with Crippen LogP contribution in [0.4, 0.5) is 0 Å². The van der Waals surface area contributed by atoms with Gasteiger partial charge in [-0.3, -0.25) is 4.79 Å². The third-order valence-corrected chi connectivity index (χ3v) is 5.07. The lowest BCUT2D eigenvalue weighted by Crippen LogP contribution is -2.06. The zero-order valence-corrected chi connectivity index (χ0v) is 17.0. The molecule has 0 aliphatic carbocycles. The molecular formula is C25H22N2O2. The molecule has 1 aromatic heterocycles. The molecule has 0 N–H and O–H groups in total. The number of carbonyl (C=O) groups is 1. The molecule has 4 aromatic rings. The normalized spacial score (nSPS) is 10.9. The highest BCUT2D eigenvalue weighted by atomic mass is 16.5. The van der Waals surface area contributed by atoms with E-state index >= 15 is 0 Å². The smallest absolute Gasteiger partial charge is 0.163 e. The van der Waals surface area contributed by atoms with Gasteiger partial charge >= 0.3 is 0 Å². The van der Waals surface area contributed by atoms with E-state index in [9.17, 15) is 4.79 Å². The van der Waals surface area contributed by atoms with Crippen molar-refractivity contribution >= 4 is 16.6 Å². The number of ether oxygens (including phenoxy) is 1. The van der Waals surface area contributed by atoms with Gasteiger partial charge in [-0.05, 0) is 49.7 Å². The Labute approximate surface area is 170 Å². The van der Waals surface area contributed by atoms with Gasteiger partial charge in [0.15, 0.2) is 11.6 Å². The molecule has 0 fully saturated rings. The zero-order chi connectivity index (χ0) is 20.5. The van der Waals surface area contributed by atoms with Gasteiger partial charge in [0.2, 0.25) is 0 Å². The molecule has 0 atom stereocenters. The average Bonchev–Trinajstić information content (AvgIpc) is 2.72. The van der Waals surface area contributed by atoms with E-state index in [0.717, 1.165) is 33.2 Å². The van der Waals surface area contributed by atoms with E-state index < -0.39 is 0 Å². The van der Waals surface area contributed by atoms with Crippen LogP contribution in [0.2, 0.25) is 0 Å². The first-order valence-electron chi connectivity index (χ1n) is 9.51. The topological polar surface area (TPSA) is 52.1 Å². The Hall–Kier alpha value is -3.53. The fourth-order valence-corrected chi connectivity index (χ4v) is 3.53. The third-order valence-electron chi connectivity index (χ3n) is 5.07. The van der Waals surface area contributed by atoms with Crippen molar-refractivity contribution in [1.82, 2.24) is 9.97 Å². The highest BCUT2D eigenvalue weighted by Gasteiger charge is 2.18. The number of fused-ring (bicyclic) bond motifs is 1. The molecule has 0 radical (unpaired) electrons. The van der Waals surface area contributed by atoms with E-state index in [2.05, 4.69) is 11.1 Å². The maximum atomic E-state index is 12.3. The van der Waals surface area contributed by atoms with E-state index in [1.54, 1.807) is 14.0 Å². The van der Waals surface area contributed by atoms with Gasteiger partial charge in [0.25, 0.3) is 0 Å². The van der Waals surface area contributed by atoms with Crippen LogP contribution in [-0.2, 0) is 0 Å². The van der Waals surface area contributed by atoms with Crippen LogP contribution in [0, 0.1) is 13.8 Å². The van der Waals surface area contributed by atoms with Crippen LogP contribution in [-0.4, -0.2) is 22.9 Å². The average molecular weight is 382 g/mol. The number of rotatable bonds is 4. The molecule has 0 aliphatic heterocycles. The SMILES string of the molecule is COc1ccc2cc(-c3nc(C)c(C(C)=O)c(-c4ccc(C)cc4)n3)ccc2c1. The number of benzene rings is 3. The first-order valence-corrected chi connectivity index (χ1v) is 9.51. The number of ketones is 1. The van der Waals surface area contributed by atoms with E-state index in [1.165, 1.54) is 0 Å². The van der Waals surface area contributed by atoms with Gasteiger partial charge in [-0.2, -0.15) is 0 Å². The molecule has 144 valence electrons. The summed E-state index contributed by atoms with van der Waals surface area (Å²) in [6.45, 7) is 5.47. The minimum atomic E-state index is -0.0322. The van der Waals surface area contributed by atoms with E-state index in [1.807, 2.05) is 68.4 Å². The first kappa shape index (κ1) is 18.8. The van der Waals surface area contributed by atoms with Crippen LogP contribution in [0.25, 0.3) is 33.4 Å². The van der Waals surface area contributed by atoms with Crippen molar-refractivity contribution in [3.8, 4) is 28.4 Å². The number of nitrogens with zero attached hydrogens (tertiary/aromatic N) is 2. The zero-order valence-electron chi connectivity index (χ0n) is 17.0. The number of hydrogen-bond acceptors (Lipinski definition) is 4. The maximum Gasteiger partial charge on any atom is 0.163 e. The number of Topliss-reactive ketones (excluding diaryl/α,β-unsaturated/α-hetero) is 1. The van der Waals surface area contributed by atoms with Crippen molar-refractivity contribution in [2.24, 2.45) is 0 Å². The van der Waals surface area contributed by atoms with Crippen molar-refractivity contribution < 1.29 is 9.53 Å². The summed E-state index contributed by atoms with van der Waals surface area (Å²) in [6.07, 6.45) is 0. The largest absolute Gasteiger partial charge is 0.497 e. The van der Waals surface area contributed by atoms with Crippen molar-refractivity contribution in [2.75, 3.05) is 7.11 Å². The minimum Gasteiger partial charge on any atom is -0.497 e. The molecular weight excluding hydrogens is 360 g/mol. The van der Waals surface area contributed by atoms with E-state index in [4.69, 9.17) is 9.72 Å². The van der Waals surface area contributed by atoms with Crippen molar-refractivity contribution in [3.05, 3.63) is 77.5 Å². The Morgan fingerprint density at radius 1 is 0.828 bits per heavy atom.